The van der Waals surface area contributed by atoms with Gasteiger partial charge in [0.25, 0.3) is 0 Å². The molecule has 0 nitrogen and oxygen atoms in total. The SMILES string of the molecule is C=Cc1cc(/C(C)=C2\C=CC=CC2)sc1/C=C\C. The van der Waals surface area contributed by atoms with Crippen molar-refractivity contribution >= 4 is 29.1 Å². The molecule has 1 heterocycles. The highest BCUT2D eigenvalue weighted by Crippen LogP contribution is 2.33. The van der Waals surface area contributed by atoms with Crippen LogP contribution < -0.4 is 0 Å². The summed E-state index contributed by atoms with van der Waals surface area (Å²) in [7, 11) is 0. The molecule has 0 radical (unpaired) electrons. The van der Waals surface area contributed by atoms with Crippen molar-refractivity contribution < 1.29 is 0 Å². The van der Waals surface area contributed by atoms with Gasteiger partial charge in [0.05, 0.1) is 0 Å². The Balaban J connectivity index is 2.42. The van der Waals surface area contributed by atoms with Gasteiger partial charge in [-0.1, -0.05) is 43.0 Å². The molecule has 0 aromatic carbocycles. The van der Waals surface area contributed by atoms with Crippen LogP contribution in [0, 0.1) is 0 Å². The fourth-order valence-electron chi connectivity index (χ4n) is 1.99. The lowest BCUT2D eigenvalue weighted by molar-refractivity contribution is 1.26. The molecule has 0 saturated carbocycles. The van der Waals surface area contributed by atoms with Gasteiger partial charge in [-0.2, -0.15) is 0 Å². The molecule has 1 aromatic rings. The standard InChI is InChI=1S/C17H18S/c1-4-9-16-14(5-2)12-17(18-16)13(3)15-10-7-6-8-11-15/h4-10,12H,2,11H2,1,3H3/b9-4-,15-13+. The van der Waals surface area contributed by atoms with Crippen molar-refractivity contribution in [2.75, 3.05) is 0 Å². The van der Waals surface area contributed by atoms with E-state index < -0.39 is 0 Å². The summed E-state index contributed by atoms with van der Waals surface area (Å²) >= 11 is 1.84. The lowest BCUT2D eigenvalue weighted by Gasteiger charge is -2.06. The first-order valence-electron chi connectivity index (χ1n) is 6.18. The van der Waals surface area contributed by atoms with Crippen LogP contribution in [-0.4, -0.2) is 0 Å². The molecule has 0 bridgehead atoms. The molecule has 1 aliphatic rings. The summed E-state index contributed by atoms with van der Waals surface area (Å²) in [5.74, 6) is 0. The van der Waals surface area contributed by atoms with E-state index in [-0.39, 0.29) is 0 Å². The van der Waals surface area contributed by atoms with Crippen molar-refractivity contribution in [3.05, 3.63) is 63.9 Å². The maximum absolute atomic E-state index is 3.89. The van der Waals surface area contributed by atoms with Crippen molar-refractivity contribution in [2.24, 2.45) is 0 Å². The molecule has 1 aromatic heterocycles. The summed E-state index contributed by atoms with van der Waals surface area (Å²) in [6, 6.07) is 2.24. The van der Waals surface area contributed by atoms with Crippen molar-refractivity contribution in [1.82, 2.24) is 0 Å². The molecular weight excluding hydrogens is 236 g/mol. The van der Waals surface area contributed by atoms with Crippen molar-refractivity contribution in [3.8, 4) is 0 Å². The van der Waals surface area contributed by atoms with Gasteiger partial charge in [0.2, 0.25) is 0 Å². The normalized spacial score (nSPS) is 17.4. The quantitative estimate of drug-likeness (QED) is 0.647. The van der Waals surface area contributed by atoms with Crippen LogP contribution in [0.2, 0.25) is 0 Å². The van der Waals surface area contributed by atoms with Gasteiger partial charge in [0, 0.05) is 9.75 Å². The summed E-state index contributed by atoms with van der Waals surface area (Å²) in [6.45, 7) is 8.14. The predicted molar refractivity (Wildman–Crippen MR) is 84.6 cm³/mol. The van der Waals surface area contributed by atoms with Crippen LogP contribution in [0.5, 0.6) is 0 Å². The summed E-state index contributed by atoms with van der Waals surface area (Å²) in [5, 5.41) is 0. The molecule has 0 aliphatic heterocycles. The van der Waals surface area contributed by atoms with E-state index in [2.05, 4.69) is 56.0 Å². The second-order valence-corrected chi connectivity index (χ2v) is 5.36. The molecule has 0 saturated heterocycles. The topological polar surface area (TPSA) is 0 Å². The monoisotopic (exact) mass is 254 g/mol. The Morgan fingerprint density at radius 3 is 2.83 bits per heavy atom. The Morgan fingerprint density at radius 2 is 2.22 bits per heavy atom. The summed E-state index contributed by atoms with van der Waals surface area (Å²) in [4.78, 5) is 2.63. The van der Waals surface area contributed by atoms with E-state index in [1.54, 1.807) is 0 Å². The maximum Gasteiger partial charge on any atom is 0.0345 e. The summed E-state index contributed by atoms with van der Waals surface area (Å²) in [5.41, 5.74) is 4.00. The zero-order chi connectivity index (χ0) is 13.0. The third-order valence-electron chi connectivity index (χ3n) is 3.06. The minimum absolute atomic E-state index is 1.03. The summed E-state index contributed by atoms with van der Waals surface area (Å²) in [6.07, 6.45) is 15.8. The molecular formula is C17H18S. The van der Waals surface area contributed by atoms with Crippen molar-refractivity contribution in [2.45, 2.75) is 20.3 Å². The Hall–Kier alpha value is -1.60. The molecule has 0 N–H and O–H groups in total. The smallest absolute Gasteiger partial charge is 0.0345 e. The zero-order valence-corrected chi connectivity index (χ0v) is 11.8. The molecule has 0 spiro atoms. The predicted octanol–water partition coefficient (Wildman–Crippen LogP) is 5.71. The van der Waals surface area contributed by atoms with Crippen molar-refractivity contribution in [3.63, 3.8) is 0 Å². The molecule has 0 fully saturated rings. The second kappa shape index (κ2) is 5.83. The van der Waals surface area contributed by atoms with Crippen LogP contribution in [0.3, 0.4) is 0 Å². The van der Waals surface area contributed by atoms with Crippen LogP contribution in [0.25, 0.3) is 17.7 Å². The average Bonchev–Trinajstić information content (AvgIpc) is 2.82. The maximum atomic E-state index is 3.89. The van der Waals surface area contributed by atoms with Crippen LogP contribution in [0.1, 0.15) is 35.6 Å². The third-order valence-corrected chi connectivity index (χ3v) is 4.30. The van der Waals surface area contributed by atoms with Crippen LogP contribution >= 0.6 is 11.3 Å². The number of hydrogen-bond donors (Lipinski definition) is 0. The molecule has 18 heavy (non-hydrogen) atoms. The molecule has 0 unspecified atom stereocenters. The van der Waals surface area contributed by atoms with Crippen LogP contribution in [-0.2, 0) is 0 Å². The van der Waals surface area contributed by atoms with Gasteiger partial charge in [-0.25, -0.2) is 0 Å². The van der Waals surface area contributed by atoms with Gasteiger partial charge in [0.1, 0.15) is 0 Å². The van der Waals surface area contributed by atoms with E-state index in [4.69, 9.17) is 0 Å². The highest BCUT2D eigenvalue weighted by Gasteiger charge is 2.09. The molecule has 1 aliphatic carbocycles. The van der Waals surface area contributed by atoms with Gasteiger partial charge < -0.3 is 0 Å². The fraction of sp³-hybridized carbons (Fsp3) is 0.176. The molecule has 1 heteroatoms. The van der Waals surface area contributed by atoms with E-state index >= 15 is 0 Å². The number of hydrogen-bond acceptors (Lipinski definition) is 1. The van der Waals surface area contributed by atoms with Gasteiger partial charge >= 0.3 is 0 Å². The van der Waals surface area contributed by atoms with Crippen molar-refractivity contribution in [1.29, 1.82) is 0 Å². The number of thiophene rings is 1. The first-order chi connectivity index (χ1) is 8.76. The van der Waals surface area contributed by atoms with Crippen LogP contribution in [0.15, 0.2) is 48.6 Å². The number of allylic oxidation sites excluding steroid dienone is 7. The lowest BCUT2D eigenvalue weighted by Crippen LogP contribution is -1.85. The van der Waals surface area contributed by atoms with E-state index in [1.807, 2.05) is 24.3 Å². The zero-order valence-electron chi connectivity index (χ0n) is 10.9. The van der Waals surface area contributed by atoms with Gasteiger partial charge in [-0.3, -0.25) is 0 Å². The first-order valence-corrected chi connectivity index (χ1v) is 7.00. The lowest BCUT2D eigenvalue weighted by atomic mass is 10.0. The van der Waals surface area contributed by atoms with E-state index in [0.29, 0.717) is 0 Å². The van der Waals surface area contributed by atoms with E-state index in [1.165, 1.54) is 26.5 Å². The average molecular weight is 254 g/mol. The first kappa shape index (κ1) is 12.8. The Kier molecular flexibility index (Phi) is 4.16. The van der Waals surface area contributed by atoms with Gasteiger partial charge in [-0.15, -0.1) is 11.3 Å². The fourth-order valence-corrected chi connectivity index (χ4v) is 3.17. The molecule has 0 amide bonds. The summed E-state index contributed by atoms with van der Waals surface area (Å²) < 4.78 is 0. The molecule has 0 atom stereocenters. The van der Waals surface area contributed by atoms with Gasteiger partial charge in [-0.05, 0) is 49.1 Å². The van der Waals surface area contributed by atoms with Crippen LogP contribution in [0.4, 0.5) is 0 Å². The number of rotatable bonds is 3. The van der Waals surface area contributed by atoms with E-state index in [0.717, 1.165) is 6.42 Å². The highest BCUT2D eigenvalue weighted by atomic mass is 32.1. The Bertz CT molecular complexity index is 562. The van der Waals surface area contributed by atoms with E-state index in [9.17, 15) is 0 Å². The Labute approximate surface area is 113 Å². The van der Waals surface area contributed by atoms with Gasteiger partial charge in [0.15, 0.2) is 0 Å². The molecule has 2 rings (SSSR count). The molecule has 92 valence electrons. The highest BCUT2D eigenvalue weighted by molar-refractivity contribution is 7.14. The minimum atomic E-state index is 1.03. The Morgan fingerprint density at radius 1 is 1.39 bits per heavy atom. The third kappa shape index (κ3) is 2.62. The minimum Gasteiger partial charge on any atom is -0.136 e. The largest absolute Gasteiger partial charge is 0.136 e. The second-order valence-electron chi connectivity index (χ2n) is 4.28.